The van der Waals surface area contributed by atoms with Crippen molar-refractivity contribution < 1.29 is 10.0 Å². The highest BCUT2D eigenvalue weighted by Gasteiger charge is 2.17. The van der Waals surface area contributed by atoms with Crippen LogP contribution in [-0.2, 0) is 6.42 Å². The number of para-hydroxylation sites is 1. The van der Waals surface area contributed by atoms with Gasteiger partial charge < -0.3 is 5.11 Å². The molecule has 0 saturated heterocycles. The summed E-state index contributed by atoms with van der Waals surface area (Å²) < 4.78 is 0. The van der Waals surface area contributed by atoms with Crippen molar-refractivity contribution in [3.05, 3.63) is 33.9 Å². The number of nitrogens with zero attached hydrogens (tertiary/aromatic N) is 1. The van der Waals surface area contributed by atoms with E-state index in [1.807, 2.05) is 6.92 Å². The Morgan fingerprint density at radius 2 is 2.23 bits per heavy atom. The third-order valence-corrected chi connectivity index (χ3v) is 1.80. The maximum Gasteiger partial charge on any atom is 0.313 e. The van der Waals surface area contributed by atoms with E-state index in [0.29, 0.717) is 12.0 Å². The minimum Gasteiger partial charge on any atom is -0.502 e. The first kappa shape index (κ1) is 9.51. The highest BCUT2D eigenvalue weighted by atomic mass is 16.6. The molecule has 1 aromatic carbocycles. The summed E-state index contributed by atoms with van der Waals surface area (Å²) in [5.74, 6) is -0.254. The molecule has 0 aliphatic carbocycles. The second kappa shape index (κ2) is 3.89. The molecule has 1 rings (SSSR count). The van der Waals surface area contributed by atoms with Gasteiger partial charge in [-0.1, -0.05) is 25.5 Å². The summed E-state index contributed by atoms with van der Waals surface area (Å²) in [7, 11) is 0. The van der Waals surface area contributed by atoms with Crippen molar-refractivity contribution in [3.63, 3.8) is 0 Å². The molecule has 0 heterocycles. The van der Waals surface area contributed by atoms with Crippen LogP contribution in [0.5, 0.6) is 5.75 Å². The number of phenols is 1. The molecule has 0 amide bonds. The molecule has 1 aromatic rings. The van der Waals surface area contributed by atoms with Crippen LogP contribution in [0, 0.1) is 10.1 Å². The highest BCUT2D eigenvalue weighted by molar-refractivity contribution is 5.51. The summed E-state index contributed by atoms with van der Waals surface area (Å²) in [5.41, 5.74) is 0.428. The molecule has 0 unspecified atom stereocenters. The number of phenolic OH excluding ortho intramolecular Hbond substituents is 1. The number of nitro benzene ring substituents is 1. The van der Waals surface area contributed by atoms with Crippen LogP contribution in [0.15, 0.2) is 18.2 Å². The highest BCUT2D eigenvalue weighted by Crippen LogP contribution is 2.29. The van der Waals surface area contributed by atoms with Crippen molar-refractivity contribution in [1.29, 1.82) is 0 Å². The maximum absolute atomic E-state index is 10.6. The average molecular weight is 181 g/mol. The summed E-state index contributed by atoms with van der Waals surface area (Å²) in [6, 6.07) is 4.62. The number of hydrogen-bond acceptors (Lipinski definition) is 3. The van der Waals surface area contributed by atoms with Crippen LogP contribution in [-0.4, -0.2) is 10.0 Å². The maximum atomic E-state index is 10.6. The number of hydrogen-bond donors (Lipinski definition) is 1. The zero-order valence-corrected chi connectivity index (χ0v) is 7.36. The fourth-order valence-corrected chi connectivity index (χ4v) is 1.26. The van der Waals surface area contributed by atoms with E-state index in [1.54, 1.807) is 12.1 Å². The molecule has 0 aliphatic rings. The third-order valence-electron chi connectivity index (χ3n) is 1.80. The molecular formula is C9H11NO3. The van der Waals surface area contributed by atoms with Gasteiger partial charge in [0.15, 0.2) is 5.75 Å². The first-order valence-corrected chi connectivity index (χ1v) is 4.12. The lowest BCUT2D eigenvalue weighted by atomic mass is 10.1. The van der Waals surface area contributed by atoms with Crippen LogP contribution in [0.4, 0.5) is 5.69 Å². The van der Waals surface area contributed by atoms with Gasteiger partial charge in [0.1, 0.15) is 0 Å². The van der Waals surface area contributed by atoms with Crippen molar-refractivity contribution in [3.8, 4) is 5.75 Å². The number of aromatic hydroxyl groups is 1. The van der Waals surface area contributed by atoms with Gasteiger partial charge in [-0.15, -0.1) is 0 Å². The Morgan fingerprint density at radius 1 is 1.54 bits per heavy atom. The Balaban J connectivity index is 3.17. The molecule has 4 nitrogen and oxygen atoms in total. The largest absolute Gasteiger partial charge is 0.502 e. The molecule has 4 heteroatoms. The smallest absolute Gasteiger partial charge is 0.313 e. The molecule has 1 N–H and O–H groups in total. The summed E-state index contributed by atoms with van der Waals surface area (Å²) in [6.07, 6.45) is 1.44. The molecule has 0 fully saturated rings. The normalized spacial score (nSPS) is 9.92. The van der Waals surface area contributed by atoms with Crippen molar-refractivity contribution in [2.45, 2.75) is 19.8 Å². The van der Waals surface area contributed by atoms with Gasteiger partial charge >= 0.3 is 5.69 Å². The average Bonchev–Trinajstić information content (AvgIpc) is 2.04. The molecular weight excluding hydrogens is 170 g/mol. The van der Waals surface area contributed by atoms with E-state index in [-0.39, 0.29) is 11.4 Å². The monoisotopic (exact) mass is 181 g/mol. The number of aryl methyl sites for hydroxylation is 1. The molecule has 0 bridgehead atoms. The Bertz CT molecular complexity index is 323. The Kier molecular flexibility index (Phi) is 2.84. The minimum absolute atomic E-state index is 0.163. The van der Waals surface area contributed by atoms with Gasteiger partial charge in [0.25, 0.3) is 0 Å². The molecule has 70 valence electrons. The predicted molar refractivity (Wildman–Crippen MR) is 48.8 cm³/mol. The van der Waals surface area contributed by atoms with Gasteiger partial charge in [-0.25, -0.2) is 0 Å². The van der Waals surface area contributed by atoms with Gasteiger partial charge in [-0.05, 0) is 12.5 Å². The second-order valence-electron chi connectivity index (χ2n) is 2.79. The predicted octanol–water partition coefficient (Wildman–Crippen LogP) is 2.25. The van der Waals surface area contributed by atoms with Crippen LogP contribution in [0.3, 0.4) is 0 Å². The number of nitro groups is 1. The molecule has 0 saturated carbocycles. The molecule has 0 spiro atoms. The Labute approximate surface area is 76.0 Å². The van der Waals surface area contributed by atoms with E-state index in [4.69, 9.17) is 0 Å². The van der Waals surface area contributed by atoms with E-state index in [9.17, 15) is 15.2 Å². The van der Waals surface area contributed by atoms with E-state index < -0.39 is 4.92 Å². The van der Waals surface area contributed by atoms with E-state index in [1.165, 1.54) is 6.07 Å². The lowest BCUT2D eigenvalue weighted by Gasteiger charge is -2.01. The Morgan fingerprint density at radius 3 is 2.77 bits per heavy atom. The van der Waals surface area contributed by atoms with Crippen LogP contribution < -0.4 is 0 Å². The van der Waals surface area contributed by atoms with Crippen molar-refractivity contribution in [2.24, 2.45) is 0 Å². The van der Waals surface area contributed by atoms with Crippen molar-refractivity contribution >= 4 is 5.69 Å². The van der Waals surface area contributed by atoms with Crippen LogP contribution in [0.25, 0.3) is 0 Å². The van der Waals surface area contributed by atoms with E-state index >= 15 is 0 Å². The van der Waals surface area contributed by atoms with Crippen LogP contribution >= 0.6 is 0 Å². The quantitative estimate of drug-likeness (QED) is 0.574. The number of rotatable bonds is 3. The molecule has 0 aliphatic heterocycles. The summed E-state index contributed by atoms with van der Waals surface area (Å²) in [4.78, 5) is 10.0. The van der Waals surface area contributed by atoms with Gasteiger partial charge in [0, 0.05) is 5.56 Å². The number of benzene rings is 1. The third kappa shape index (κ3) is 1.96. The van der Waals surface area contributed by atoms with E-state index in [0.717, 1.165) is 6.42 Å². The molecule has 0 atom stereocenters. The first-order valence-electron chi connectivity index (χ1n) is 4.12. The van der Waals surface area contributed by atoms with Crippen LogP contribution in [0.2, 0.25) is 0 Å². The summed E-state index contributed by atoms with van der Waals surface area (Å²) >= 11 is 0. The van der Waals surface area contributed by atoms with Crippen molar-refractivity contribution in [2.75, 3.05) is 0 Å². The molecule has 0 radical (unpaired) electrons. The zero-order valence-electron chi connectivity index (χ0n) is 7.36. The molecule has 13 heavy (non-hydrogen) atoms. The topological polar surface area (TPSA) is 63.4 Å². The summed E-state index contributed by atoms with van der Waals surface area (Å²) in [6.45, 7) is 1.94. The SMILES string of the molecule is CCCc1cccc(O)c1[N+](=O)[O-]. The fraction of sp³-hybridized carbons (Fsp3) is 0.333. The minimum atomic E-state index is -0.541. The lowest BCUT2D eigenvalue weighted by molar-refractivity contribution is -0.386. The fourth-order valence-electron chi connectivity index (χ4n) is 1.26. The Hall–Kier alpha value is -1.58. The van der Waals surface area contributed by atoms with Crippen LogP contribution in [0.1, 0.15) is 18.9 Å². The zero-order chi connectivity index (χ0) is 9.84. The second-order valence-corrected chi connectivity index (χ2v) is 2.79. The van der Waals surface area contributed by atoms with Gasteiger partial charge in [0.05, 0.1) is 4.92 Å². The van der Waals surface area contributed by atoms with Gasteiger partial charge in [-0.2, -0.15) is 0 Å². The van der Waals surface area contributed by atoms with Gasteiger partial charge in [0.2, 0.25) is 0 Å². The van der Waals surface area contributed by atoms with Gasteiger partial charge in [-0.3, -0.25) is 10.1 Å². The summed E-state index contributed by atoms with van der Waals surface area (Å²) in [5, 5.41) is 19.8. The molecule has 0 aromatic heterocycles. The van der Waals surface area contributed by atoms with E-state index in [2.05, 4.69) is 0 Å². The first-order chi connectivity index (χ1) is 6.16. The van der Waals surface area contributed by atoms with Crippen molar-refractivity contribution in [1.82, 2.24) is 0 Å². The standard InChI is InChI=1S/C9H11NO3/c1-2-4-7-5-3-6-8(11)9(7)10(12)13/h3,5-6,11H,2,4H2,1H3. The lowest BCUT2D eigenvalue weighted by Crippen LogP contribution is -1.95.